The number of hydrogen-bond acceptors (Lipinski definition) is 5. The van der Waals surface area contributed by atoms with Crippen LogP contribution >= 0.6 is 35.5 Å². The number of thioether (sulfide) groups is 1. The summed E-state index contributed by atoms with van der Waals surface area (Å²) >= 11 is 3.16. The highest BCUT2D eigenvalue weighted by atomic mass is 35.5. The van der Waals surface area contributed by atoms with Crippen molar-refractivity contribution in [2.75, 3.05) is 5.75 Å². The third kappa shape index (κ3) is 4.59. The van der Waals surface area contributed by atoms with Crippen molar-refractivity contribution in [1.29, 1.82) is 0 Å². The van der Waals surface area contributed by atoms with E-state index in [9.17, 15) is 4.79 Å². The molecule has 1 aliphatic carbocycles. The van der Waals surface area contributed by atoms with E-state index in [2.05, 4.69) is 16.4 Å². The molecule has 1 fully saturated rings. The molecule has 1 heterocycles. The standard InChI is InChI=1S/C15H19N3OS2.ClH/c16-10-5-7-11(8-6-10)17-14(19)9-20-15-18-12-3-1-2-4-13(12)21-15;/h1-4,10-11H,5-9,16H2,(H,17,19);1H. The number of carbonyl (C=O) groups excluding carboxylic acids is 1. The predicted molar refractivity (Wildman–Crippen MR) is 96.0 cm³/mol. The first-order chi connectivity index (χ1) is 10.2. The van der Waals surface area contributed by atoms with E-state index in [0.717, 1.165) is 35.5 Å². The SMILES string of the molecule is Cl.NC1CCC(NC(=O)CSc2nc3ccccc3s2)CC1. The summed E-state index contributed by atoms with van der Waals surface area (Å²) in [6.45, 7) is 0. The van der Waals surface area contributed by atoms with Gasteiger partial charge in [-0.1, -0.05) is 23.9 Å². The van der Waals surface area contributed by atoms with Crippen molar-refractivity contribution in [3.05, 3.63) is 24.3 Å². The zero-order chi connectivity index (χ0) is 14.7. The maximum atomic E-state index is 12.0. The molecule has 0 aliphatic heterocycles. The van der Waals surface area contributed by atoms with Gasteiger partial charge in [-0.25, -0.2) is 4.98 Å². The number of para-hydroxylation sites is 1. The van der Waals surface area contributed by atoms with Gasteiger partial charge in [-0.05, 0) is 37.8 Å². The monoisotopic (exact) mass is 357 g/mol. The summed E-state index contributed by atoms with van der Waals surface area (Å²) in [5, 5.41) is 3.10. The van der Waals surface area contributed by atoms with Crippen LogP contribution in [0.2, 0.25) is 0 Å². The van der Waals surface area contributed by atoms with Crippen LogP contribution in [0.3, 0.4) is 0 Å². The number of amides is 1. The number of hydrogen-bond donors (Lipinski definition) is 2. The number of nitrogens with zero attached hydrogens (tertiary/aromatic N) is 1. The number of carbonyl (C=O) groups is 1. The molecule has 0 radical (unpaired) electrons. The quantitative estimate of drug-likeness (QED) is 0.824. The van der Waals surface area contributed by atoms with Crippen LogP contribution < -0.4 is 11.1 Å². The third-order valence-corrected chi connectivity index (χ3v) is 5.92. The minimum absolute atomic E-state index is 0. The smallest absolute Gasteiger partial charge is 0.230 e. The Morgan fingerprint density at radius 1 is 1.32 bits per heavy atom. The van der Waals surface area contributed by atoms with Gasteiger partial charge in [-0.15, -0.1) is 23.7 Å². The van der Waals surface area contributed by atoms with Crippen LogP contribution in [0.1, 0.15) is 25.7 Å². The second-order valence-corrected chi connectivity index (χ2v) is 7.67. The molecule has 3 N–H and O–H groups in total. The van der Waals surface area contributed by atoms with Crippen LogP contribution in [0.5, 0.6) is 0 Å². The maximum absolute atomic E-state index is 12.0. The Bertz CT molecular complexity index is 593. The summed E-state index contributed by atoms with van der Waals surface area (Å²) in [7, 11) is 0. The lowest BCUT2D eigenvalue weighted by Gasteiger charge is -2.26. The Morgan fingerprint density at radius 2 is 2.05 bits per heavy atom. The van der Waals surface area contributed by atoms with Crippen molar-refractivity contribution < 1.29 is 4.79 Å². The summed E-state index contributed by atoms with van der Waals surface area (Å²) in [6, 6.07) is 8.67. The van der Waals surface area contributed by atoms with Gasteiger partial charge in [0.25, 0.3) is 0 Å². The zero-order valence-corrected chi connectivity index (χ0v) is 14.6. The number of fused-ring (bicyclic) bond motifs is 1. The van der Waals surface area contributed by atoms with Gasteiger partial charge < -0.3 is 11.1 Å². The first-order valence-electron chi connectivity index (χ1n) is 7.24. The summed E-state index contributed by atoms with van der Waals surface area (Å²) in [5.41, 5.74) is 6.88. The summed E-state index contributed by atoms with van der Waals surface area (Å²) in [5.74, 6) is 0.530. The normalized spacial score (nSPS) is 21.3. The Labute approximate surface area is 144 Å². The molecular weight excluding hydrogens is 338 g/mol. The number of nitrogens with two attached hydrogens (primary N) is 1. The summed E-state index contributed by atoms with van der Waals surface area (Å²) in [4.78, 5) is 16.5. The Hall–Kier alpha value is -0.820. The molecule has 3 rings (SSSR count). The fourth-order valence-electron chi connectivity index (χ4n) is 2.57. The van der Waals surface area contributed by atoms with Crippen LogP contribution in [0, 0.1) is 0 Å². The van der Waals surface area contributed by atoms with Gasteiger partial charge in [0.05, 0.1) is 16.0 Å². The number of rotatable bonds is 4. The molecule has 1 saturated carbocycles. The predicted octanol–water partition coefficient (Wildman–Crippen LogP) is 3.20. The lowest BCUT2D eigenvalue weighted by Crippen LogP contribution is -2.41. The molecule has 7 heteroatoms. The van der Waals surface area contributed by atoms with Crippen LogP contribution in [-0.4, -0.2) is 28.7 Å². The lowest BCUT2D eigenvalue weighted by atomic mass is 9.92. The van der Waals surface area contributed by atoms with Crippen LogP contribution in [0.25, 0.3) is 10.2 Å². The van der Waals surface area contributed by atoms with Gasteiger partial charge >= 0.3 is 0 Å². The number of thiazole rings is 1. The number of halogens is 1. The minimum atomic E-state index is 0. The Balaban J connectivity index is 0.00000176. The van der Waals surface area contributed by atoms with E-state index in [1.807, 2.05) is 18.2 Å². The van der Waals surface area contributed by atoms with Crippen molar-refractivity contribution in [3.63, 3.8) is 0 Å². The van der Waals surface area contributed by atoms with Crippen molar-refractivity contribution in [2.24, 2.45) is 5.73 Å². The second kappa shape index (κ2) is 8.15. The third-order valence-electron chi connectivity index (χ3n) is 3.74. The Kier molecular flexibility index (Phi) is 6.50. The van der Waals surface area contributed by atoms with E-state index >= 15 is 0 Å². The largest absolute Gasteiger partial charge is 0.353 e. The fourth-order valence-corrected chi connectivity index (χ4v) is 4.45. The van der Waals surface area contributed by atoms with E-state index in [4.69, 9.17) is 5.73 Å². The molecule has 1 aliphatic rings. The molecule has 0 bridgehead atoms. The molecule has 0 spiro atoms. The van der Waals surface area contributed by atoms with Gasteiger partial charge in [0.1, 0.15) is 0 Å². The molecule has 22 heavy (non-hydrogen) atoms. The average molecular weight is 358 g/mol. The molecule has 1 aromatic heterocycles. The fraction of sp³-hybridized carbons (Fsp3) is 0.467. The van der Waals surface area contributed by atoms with Crippen molar-refractivity contribution >= 4 is 51.6 Å². The molecule has 0 unspecified atom stereocenters. The van der Waals surface area contributed by atoms with Gasteiger partial charge in [0.2, 0.25) is 5.91 Å². The molecule has 0 atom stereocenters. The molecule has 1 aromatic carbocycles. The maximum Gasteiger partial charge on any atom is 0.230 e. The van der Waals surface area contributed by atoms with Crippen LogP contribution in [-0.2, 0) is 4.79 Å². The number of benzene rings is 1. The summed E-state index contributed by atoms with van der Waals surface area (Å²) < 4.78 is 2.12. The molecule has 4 nitrogen and oxygen atoms in total. The highest BCUT2D eigenvalue weighted by Crippen LogP contribution is 2.29. The van der Waals surface area contributed by atoms with E-state index in [1.54, 1.807) is 11.3 Å². The van der Waals surface area contributed by atoms with Gasteiger partial charge in [0.15, 0.2) is 4.34 Å². The first-order valence-corrected chi connectivity index (χ1v) is 9.04. The topological polar surface area (TPSA) is 68.0 Å². The second-order valence-electron chi connectivity index (χ2n) is 5.42. The van der Waals surface area contributed by atoms with Crippen molar-refractivity contribution in [1.82, 2.24) is 10.3 Å². The highest BCUT2D eigenvalue weighted by Gasteiger charge is 2.20. The molecule has 1 amide bonds. The summed E-state index contributed by atoms with van der Waals surface area (Å²) in [6.07, 6.45) is 4.02. The van der Waals surface area contributed by atoms with E-state index in [-0.39, 0.29) is 18.3 Å². The van der Waals surface area contributed by atoms with Crippen molar-refractivity contribution in [2.45, 2.75) is 42.1 Å². The average Bonchev–Trinajstić information content (AvgIpc) is 2.90. The molecular formula is C15H20ClN3OS2. The molecule has 120 valence electrons. The highest BCUT2D eigenvalue weighted by molar-refractivity contribution is 8.01. The molecule has 0 saturated heterocycles. The number of aromatic nitrogens is 1. The lowest BCUT2D eigenvalue weighted by molar-refractivity contribution is -0.119. The zero-order valence-electron chi connectivity index (χ0n) is 12.2. The van der Waals surface area contributed by atoms with Crippen LogP contribution in [0.15, 0.2) is 28.6 Å². The minimum Gasteiger partial charge on any atom is -0.353 e. The molecule has 2 aromatic rings. The van der Waals surface area contributed by atoms with Gasteiger partial charge in [-0.2, -0.15) is 0 Å². The van der Waals surface area contributed by atoms with E-state index in [1.165, 1.54) is 16.5 Å². The van der Waals surface area contributed by atoms with E-state index in [0.29, 0.717) is 17.8 Å². The Morgan fingerprint density at radius 3 is 2.77 bits per heavy atom. The van der Waals surface area contributed by atoms with Gasteiger partial charge in [0, 0.05) is 12.1 Å². The van der Waals surface area contributed by atoms with Crippen LogP contribution in [0.4, 0.5) is 0 Å². The van der Waals surface area contributed by atoms with Gasteiger partial charge in [-0.3, -0.25) is 4.79 Å². The van der Waals surface area contributed by atoms with E-state index < -0.39 is 0 Å². The first kappa shape index (κ1) is 17.5. The van der Waals surface area contributed by atoms with Crippen molar-refractivity contribution in [3.8, 4) is 0 Å². The number of nitrogens with one attached hydrogen (secondary N) is 1.